The van der Waals surface area contributed by atoms with E-state index in [0.717, 1.165) is 0 Å². The molecule has 62 valence electrons. The standard InChI is InChI=1S/C12H9As/c1-3-7-11-9(5-1)10-6-2-4-8-12(10)13-11/h1-8,13H. The van der Waals surface area contributed by atoms with E-state index in [1.54, 1.807) is 8.70 Å². The summed E-state index contributed by atoms with van der Waals surface area (Å²) in [6.45, 7) is 0. The predicted molar refractivity (Wildman–Crippen MR) is 58.3 cm³/mol. The van der Waals surface area contributed by atoms with Gasteiger partial charge in [0.1, 0.15) is 0 Å². The quantitative estimate of drug-likeness (QED) is 0.504. The Labute approximate surface area is 84.3 Å². The second-order valence-electron chi connectivity index (χ2n) is 3.22. The van der Waals surface area contributed by atoms with Crippen molar-refractivity contribution in [1.82, 2.24) is 0 Å². The number of rotatable bonds is 0. The van der Waals surface area contributed by atoms with Gasteiger partial charge < -0.3 is 0 Å². The van der Waals surface area contributed by atoms with E-state index in [9.17, 15) is 0 Å². The molecule has 0 N–H and O–H groups in total. The van der Waals surface area contributed by atoms with Gasteiger partial charge in [-0.3, -0.25) is 0 Å². The normalized spacial score (nSPS) is 12.3. The fraction of sp³-hybridized carbons (Fsp3) is 0. The summed E-state index contributed by atoms with van der Waals surface area (Å²) in [4.78, 5) is 0. The van der Waals surface area contributed by atoms with Crippen LogP contribution in [-0.2, 0) is 0 Å². The van der Waals surface area contributed by atoms with E-state index in [2.05, 4.69) is 48.5 Å². The van der Waals surface area contributed by atoms with Crippen LogP contribution in [0.5, 0.6) is 0 Å². The average molecular weight is 228 g/mol. The van der Waals surface area contributed by atoms with Gasteiger partial charge in [0.25, 0.3) is 0 Å². The predicted octanol–water partition coefficient (Wildman–Crippen LogP) is 1.05. The van der Waals surface area contributed by atoms with Gasteiger partial charge in [-0.1, -0.05) is 0 Å². The van der Waals surface area contributed by atoms with Gasteiger partial charge in [0, 0.05) is 0 Å². The molecule has 0 aliphatic carbocycles. The van der Waals surface area contributed by atoms with E-state index in [0.29, 0.717) is 0 Å². The summed E-state index contributed by atoms with van der Waals surface area (Å²) in [5, 5.41) is 0. The molecule has 1 heterocycles. The summed E-state index contributed by atoms with van der Waals surface area (Å²) in [6.07, 6.45) is 0. The Morgan fingerprint density at radius 3 is 1.62 bits per heavy atom. The molecule has 0 spiro atoms. The first-order valence-corrected chi connectivity index (χ1v) is 6.50. The van der Waals surface area contributed by atoms with Gasteiger partial charge in [0.15, 0.2) is 0 Å². The van der Waals surface area contributed by atoms with Gasteiger partial charge in [0.2, 0.25) is 0 Å². The number of hydrogen-bond acceptors (Lipinski definition) is 0. The molecule has 0 unspecified atom stereocenters. The van der Waals surface area contributed by atoms with Crippen LogP contribution >= 0.6 is 0 Å². The van der Waals surface area contributed by atoms with Crippen LogP contribution in [0.1, 0.15) is 0 Å². The first-order valence-electron chi connectivity index (χ1n) is 4.40. The van der Waals surface area contributed by atoms with Crippen molar-refractivity contribution in [2.75, 3.05) is 0 Å². The van der Waals surface area contributed by atoms with Crippen LogP contribution in [0, 0.1) is 0 Å². The Balaban J connectivity index is 2.32. The number of fused-ring (bicyclic) bond motifs is 3. The topological polar surface area (TPSA) is 0 Å². The molecular formula is C12H9As. The van der Waals surface area contributed by atoms with E-state index in [-0.39, 0.29) is 15.8 Å². The van der Waals surface area contributed by atoms with Crippen molar-refractivity contribution in [2.45, 2.75) is 0 Å². The maximum atomic E-state index is 2.27. The molecule has 0 radical (unpaired) electrons. The summed E-state index contributed by atoms with van der Waals surface area (Å²) in [6, 6.07) is 17.6. The minimum atomic E-state index is -0.0337. The zero-order valence-electron chi connectivity index (χ0n) is 7.12. The zero-order valence-corrected chi connectivity index (χ0v) is 9.22. The van der Waals surface area contributed by atoms with Crippen molar-refractivity contribution in [3.63, 3.8) is 0 Å². The summed E-state index contributed by atoms with van der Waals surface area (Å²) in [5.41, 5.74) is 2.94. The molecule has 13 heavy (non-hydrogen) atoms. The van der Waals surface area contributed by atoms with Crippen molar-refractivity contribution in [1.29, 1.82) is 0 Å². The van der Waals surface area contributed by atoms with Crippen molar-refractivity contribution in [3.05, 3.63) is 48.5 Å². The summed E-state index contributed by atoms with van der Waals surface area (Å²) in [7, 11) is 0. The SMILES string of the molecule is c1ccc2c(c1)[AsH]c1ccccc1-2. The first-order chi connectivity index (χ1) is 6.45. The van der Waals surface area contributed by atoms with E-state index < -0.39 is 0 Å². The maximum absolute atomic E-state index is 2.27. The van der Waals surface area contributed by atoms with Crippen LogP contribution < -0.4 is 8.70 Å². The molecule has 1 heteroatoms. The molecule has 0 saturated carbocycles. The fourth-order valence-corrected chi connectivity index (χ4v) is 4.64. The van der Waals surface area contributed by atoms with Crippen LogP contribution in [0.3, 0.4) is 0 Å². The summed E-state index contributed by atoms with van der Waals surface area (Å²) < 4.78 is 3.17. The zero-order chi connectivity index (χ0) is 8.67. The second-order valence-corrected chi connectivity index (χ2v) is 6.00. The van der Waals surface area contributed by atoms with Gasteiger partial charge in [-0.2, -0.15) is 0 Å². The molecule has 0 bridgehead atoms. The van der Waals surface area contributed by atoms with E-state index >= 15 is 0 Å². The van der Waals surface area contributed by atoms with Crippen LogP contribution in [0.2, 0.25) is 0 Å². The van der Waals surface area contributed by atoms with Crippen LogP contribution in [-0.4, -0.2) is 15.8 Å². The molecule has 1 aliphatic heterocycles. The van der Waals surface area contributed by atoms with Crippen LogP contribution in [0.15, 0.2) is 48.5 Å². The molecule has 0 saturated heterocycles. The summed E-state index contributed by atoms with van der Waals surface area (Å²) in [5.74, 6) is 0. The third-order valence-corrected chi connectivity index (χ3v) is 5.37. The molecule has 0 fully saturated rings. The Morgan fingerprint density at radius 1 is 0.615 bits per heavy atom. The van der Waals surface area contributed by atoms with Gasteiger partial charge in [0.05, 0.1) is 0 Å². The van der Waals surface area contributed by atoms with Crippen LogP contribution in [0.25, 0.3) is 11.1 Å². The van der Waals surface area contributed by atoms with Crippen molar-refractivity contribution < 1.29 is 0 Å². The molecule has 3 rings (SSSR count). The summed E-state index contributed by atoms with van der Waals surface area (Å²) >= 11 is -0.0337. The molecule has 1 aliphatic rings. The molecule has 2 aromatic carbocycles. The molecule has 2 aromatic rings. The van der Waals surface area contributed by atoms with Gasteiger partial charge in [-0.15, -0.1) is 0 Å². The van der Waals surface area contributed by atoms with Crippen molar-refractivity contribution >= 4 is 24.5 Å². The van der Waals surface area contributed by atoms with E-state index in [1.807, 2.05) is 0 Å². The van der Waals surface area contributed by atoms with Gasteiger partial charge >= 0.3 is 84.1 Å². The van der Waals surface area contributed by atoms with Gasteiger partial charge in [-0.05, 0) is 0 Å². The Kier molecular flexibility index (Phi) is 1.57. The van der Waals surface area contributed by atoms with Crippen molar-refractivity contribution in [3.8, 4) is 11.1 Å². The van der Waals surface area contributed by atoms with Crippen LogP contribution in [0.4, 0.5) is 0 Å². The second kappa shape index (κ2) is 2.75. The molecule has 0 amide bonds. The minimum absolute atomic E-state index is 0.0337. The number of benzene rings is 2. The first kappa shape index (κ1) is 7.41. The molecule has 0 atom stereocenters. The molecule has 0 nitrogen and oxygen atoms in total. The number of hydrogen-bond donors (Lipinski definition) is 0. The third-order valence-electron chi connectivity index (χ3n) is 2.41. The average Bonchev–Trinajstić information content (AvgIpc) is 2.56. The van der Waals surface area contributed by atoms with E-state index in [1.165, 1.54) is 11.1 Å². The monoisotopic (exact) mass is 228 g/mol. The third kappa shape index (κ3) is 1.06. The Bertz CT molecular complexity index is 417. The Hall–Kier alpha value is -1.00. The molecular weight excluding hydrogens is 219 g/mol. The van der Waals surface area contributed by atoms with E-state index in [4.69, 9.17) is 0 Å². The Morgan fingerprint density at radius 2 is 1.08 bits per heavy atom. The fourth-order valence-electron chi connectivity index (χ4n) is 1.80. The van der Waals surface area contributed by atoms with Crippen molar-refractivity contribution in [2.24, 2.45) is 0 Å². The van der Waals surface area contributed by atoms with Gasteiger partial charge in [-0.25, -0.2) is 0 Å². The molecule has 0 aromatic heterocycles.